The Morgan fingerprint density at radius 2 is 1.85 bits per heavy atom. The molecule has 0 atom stereocenters. The van der Waals surface area contributed by atoms with E-state index in [1.54, 1.807) is 48.5 Å². The molecule has 0 bridgehead atoms. The van der Waals surface area contributed by atoms with Gasteiger partial charge >= 0.3 is 5.97 Å². The van der Waals surface area contributed by atoms with Gasteiger partial charge in [0.2, 0.25) is 5.95 Å². The highest BCUT2D eigenvalue weighted by atomic mass is 16.4. The summed E-state index contributed by atoms with van der Waals surface area (Å²) in [6, 6.07) is 20.9. The summed E-state index contributed by atoms with van der Waals surface area (Å²) in [5.74, 6) is -0.918. The van der Waals surface area contributed by atoms with E-state index in [-0.39, 0.29) is 22.8 Å². The molecule has 0 aliphatic heterocycles. The summed E-state index contributed by atoms with van der Waals surface area (Å²) in [5, 5.41) is 22.6. The van der Waals surface area contributed by atoms with Gasteiger partial charge in [0, 0.05) is 17.3 Å². The zero-order chi connectivity index (χ0) is 23.2. The number of carboxylic acids is 1. The predicted octanol–water partition coefficient (Wildman–Crippen LogP) is 3.51. The maximum Gasteiger partial charge on any atom is 0.335 e. The third-order valence-electron chi connectivity index (χ3n) is 4.68. The molecule has 0 fully saturated rings. The number of anilines is 1. The van der Waals surface area contributed by atoms with E-state index in [1.165, 1.54) is 24.5 Å². The van der Waals surface area contributed by atoms with Gasteiger partial charge in [0.1, 0.15) is 11.6 Å². The number of hydrogen-bond acceptors (Lipinski definition) is 7. The first-order valence-corrected chi connectivity index (χ1v) is 9.74. The summed E-state index contributed by atoms with van der Waals surface area (Å²) in [5.41, 5.74) is 5.16. The van der Waals surface area contributed by atoms with Gasteiger partial charge in [0.05, 0.1) is 23.2 Å². The predicted molar refractivity (Wildman–Crippen MR) is 123 cm³/mol. The van der Waals surface area contributed by atoms with Crippen LogP contribution in [0.3, 0.4) is 0 Å². The molecular weight excluding hydrogens is 420 g/mol. The van der Waals surface area contributed by atoms with Crippen LogP contribution in [0.4, 0.5) is 5.95 Å². The molecule has 160 valence electrons. The van der Waals surface area contributed by atoms with Crippen molar-refractivity contribution >= 4 is 18.1 Å². The number of nitrogens with zero attached hydrogens (tertiary/aromatic N) is 4. The molecule has 0 spiro atoms. The quantitative estimate of drug-likeness (QED) is 0.310. The van der Waals surface area contributed by atoms with Gasteiger partial charge in [0.25, 0.3) is 5.56 Å². The molecule has 0 amide bonds. The maximum absolute atomic E-state index is 12.3. The summed E-state index contributed by atoms with van der Waals surface area (Å²) in [6.07, 6.45) is 2.98. The van der Waals surface area contributed by atoms with Gasteiger partial charge in [-0.05, 0) is 17.7 Å². The van der Waals surface area contributed by atoms with Crippen molar-refractivity contribution in [2.24, 2.45) is 5.10 Å². The standard InChI is InChI=1S/C24H16N6O3/c25-13-19-21(17-4-2-1-3-5-17)28-24(29-22(19)31)30-27-14-15-6-8-16(9-7-15)20-12-18(23(32)33)10-11-26-20/h1-12,14H,(H,32,33)(H2,28,29,30,31). The van der Waals surface area contributed by atoms with Gasteiger partial charge in [-0.25, -0.2) is 15.2 Å². The third-order valence-corrected chi connectivity index (χ3v) is 4.68. The lowest BCUT2D eigenvalue weighted by atomic mass is 10.1. The summed E-state index contributed by atoms with van der Waals surface area (Å²) in [4.78, 5) is 34.4. The molecule has 0 aliphatic carbocycles. The van der Waals surface area contributed by atoms with E-state index in [2.05, 4.69) is 25.5 Å². The van der Waals surface area contributed by atoms with E-state index in [0.29, 0.717) is 11.3 Å². The minimum absolute atomic E-state index is 0.0769. The smallest absolute Gasteiger partial charge is 0.335 e. The summed E-state index contributed by atoms with van der Waals surface area (Å²) < 4.78 is 0. The number of pyridine rings is 1. The van der Waals surface area contributed by atoms with Crippen LogP contribution < -0.4 is 11.0 Å². The first-order chi connectivity index (χ1) is 16.0. The number of aromatic nitrogens is 3. The number of hydrogen-bond donors (Lipinski definition) is 3. The lowest BCUT2D eigenvalue weighted by Gasteiger charge is -2.06. The first kappa shape index (κ1) is 21.1. The van der Waals surface area contributed by atoms with Gasteiger partial charge < -0.3 is 5.11 Å². The van der Waals surface area contributed by atoms with E-state index < -0.39 is 11.5 Å². The second kappa shape index (κ2) is 9.36. The number of nitriles is 1. The second-order valence-electron chi connectivity index (χ2n) is 6.84. The molecule has 0 saturated carbocycles. The Labute approximate surface area is 187 Å². The number of carboxylic acid groups (broad SMARTS) is 1. The van der Waals surface area contributed by atoms with Crippen molar-refractivity contribution in [3.8, 4) is 28.6 Å². The van der Waals surface area contributed by atoms with Crippen molar-refractivity contribution in [2.75, 3.05) is 5.43 Å². The molecule has 0 unspecified atom stereocenters. The molecular formula is C24H16N6O3. The number of rotatable bonds is 6. The van der Waals surface area contributed by atoms with Crippen LogP contribution >= 0.6 is 0 Å². The van der Waals surface area contributed by atoms with Crippen LogP contribution in [-0.4, -0.2) is 32.2 Å². The summed E-state index contributed by atoms with van der Waals surface area (Å²) >= 11 is 0. The van der Waals surface area contributed by atoms with Crippen LogP contribution in [0.5, 0.6) is 0 Å². The number of hydrazone groups is 1. The molecule has 33 heavy (non-hydrogen) atoms. The molecule has 9 nitrogen and oxygen atoms in total. The van der Waals surface area contributed by atoms with Crippen molar-refractivity contribution < 1.29 is 9.90 Å². The molecule has 0 radical (unpaired) electrons. The zero-order valence-electron chi connectivity index (χ0n) is 17.1. The largest absolute Gasteiger partial charge is 0.478 e. The number of aromatic amines is 1. The van der Waals surface area contributed by atoms with E-state index in [0.717, 1.165) is 11.1 Å². The van der Waals surface area contributed by atoms with E-state index >= 15 is 0 Å². The van der Waals surface area contributed by atoms with Crippen molar-refractivity contribution in [3.63, 3.8) is 0 Å². The Morgan fingerprint density at radius 3 is 2.55 bits per heavy atom. The van der Waals surface area contributed by atoms with E-state index in [9.17, 15) is 14.9 Å². The fourth-order valence-corrected chi connectivity index (χ4v) is 3.06. The summed E-state index contributed by atoms with van der Waals surface area (Å²) in [7, 11) is 0. The Morgan fingerprint density at radius 1 is 1.09 bits per heavy atom. The SMILES string of the molecule is N#Cc1c(-c2ccccc2)nc(NN=Cc2ccc(-c3cc(C(=O)O)ccn3)cc2)[nH]c1=O. The van der Waals surface area contributed by atoms with Crippen LogP contribution in [-0.2, 0) is 0 Å². The molecule has 2 aromatic carbocycles. The molecule has 3 N–H and O–H groups in total. The van der Waals surface area contributed by atoms with Crippen LogP contribution in [0.1, 0.15) is 21.5 Å². The minimum atomic E-state index is -1.02. The average molecular weight is 436 g/mol. The van der Waals surface area contributed by atoms with Crippen LogP contribution in [0.25, 0.3) is 22.5 Å². The Kier molecular flexibility index (Phi) is 6.00. The Bertz CT molecular complexity index is 1440. The molecule has 0 aliphatic rings. The lowest BCUT2D eigenvalue weighted by Crippen LogP contribution is -2.16. The van der Waals surface area contributed by atoms with Gasteiger partial charge in [-0.2, -0.15) is 10.4 Å². The van der Waals surface area contributed by atoms with Crippen molar-refractivity contribution in [2.45, 2.75) is 0 Å². The molecule has 4 aromatic rings. The fourth-order valence-electron chi connectivity index (χ4n) is 3.06. The van der Waals surface area contributed by atoms with E-state index in [1.807, 2.05) is 12.1 Å². The molecule has 2 heterocycles. The average Bonchev–Trinajstić information content (AvgIpc) is 2.85. The van der Waals surface area contributed by atoms with Gasteiger partial charge in [0.15, 0.2) is 0 Å². The highest BCUT2D eigenvalue weighted by Crippen LogP contribution is 2.20. The molecule has 9 heteroatoms. The molecule has 0 saturated heterocycles. The normalized spacial score (nSPS) is 10.6. The van der Waals surface area contributed by atoms with Crippen LogP contribution in [0.15, 0.2) is 82.8 Å². The highest BCUT2D eigenvalue weighted by Gasteiger charge is 2.12. The number of nitrogens with one attached hydrogen (secondary N) is 2. The van der Waals surface area contributed by atoms with Crippen molar-refractivity contribution in [3.05, 3.63) is 100.0 Å². The first-order valence-electron chi connectivity index (χ1n) is 9.74. The monoisotopic (exact) mass is 436 g/mol. The zero-order valence-corrected chi connectivity index (χ0v) is 17.1. The number of H-pyrrole nitrogens is 1. The lowest BCUT2D eigenvalue weighted by molar-refractivity contribution is 0.0697. The van der Waals surface area contributed by atoms with Gasteiger partial charge in [-0.3, -0.25) is 14.8 Å². The minimum Gasteiger partial charge on any atom is -0.478 e. The Balaban J connectivity index is 1.52. The van der Waals surface area contributed by atoms with Gasteiger partial charge in [-0.1, -0.05) is 54.6 Å². The maximum atomic E-state index is 12.3. The number of benzene rings is 2. The van der Waals surface area contributed by atoms with Gasteiger partial charge in [-0.15, -0.1) is 0 Å². The second-order valence-corrected chi connectivity index (χ2v) is 6.84. The summed E-state index contributed by atoms with van der Waals surface area (Å²) in [6.45, 7) is 0. The number of aromatic carboxylic acids is 1. The molecule has 2 aromatic heterocycles. The fraction of sp³-hybridized carbons (Fsp3) is 0. The third kappa shape index (κ3) is 4.81. The topological polar surface area (TPSA) is 144 Å². The van der Waals surface area contributed by atoms with Crippen molar-refractivity contribution in [1.82, 2.24) is 15.0 Å². The molecule has 4 rings (SSSR count). The van der Waals surface area contributed by atoms with Crippen LogP contribution in [0.2, 0.25) is 0 Å². The number of carbonyl (C=O) groups is 1. The van der Waals surface area contributed by atoms with Crippen LogP contribution in [0, 0.1) is 11.3 Å². The van der Waals surface area contributed by atoms with E-state index in [4.69, 9.17) is 5.11 Å². The highest BCUT2D eigenvalue weighted by molar-refractivity contribution is 5.89. The Hall–Kier alpha value is -5.10. The van der Waals surface area contributed by atoms with Crippen molar-refractivity contribution in [1.29, 1.82) is 5.26 Å².